The standard InChI is InChI=1S/C16H15ClN4O2/c1-10-19-20-16(11-7-12(17)9-18-8-11)21(10)15-13(22-2)5-4-6-14(15)23-3/h4-9H,1-3H3. The molecule has 3 rings (SSSR count). The first-order valence-electron chi connectivity index (χ1n) is 6.90. The number of pyridine rings is 1. The minimum absolute atomic E-state index is 0.529. The first kappa shape index (κ1) is 15.3. The van der Waals surface area contributed by atoms with Gasteiger partial charge in [0.05, 0.1) is 19.2 Å². The molecule has 0 aliphatic heterocycles. The van der Waals surface area contributed by atoms with Gasteiger partial charge in [0.15, 0.2) is 5.82 Å². The van der Waals surface area contributed by atoms with Crippen molar-refractivity contribution in [1.82, 2.24) is 19.7 Å². The molecule has 3 aromatic rings. The smallest absolute Gasteiger partial charge is 0.170 e. The van der Waals surface area contributed by atoms with E-state index in [4.69, 9.17) is 21.1 Å². The monoisotopic (exact) mass is 330 g/mol. The van der Waals surface area contributed by atoms with Gasteiger partial charge in [-0.05, 0) is 25.1 Å². The number of methoxy groups -OCH3 is 2. The van der Waals surface area contributed by atoms with Crippen LogP contribution in [0.1, 0.15) is 5.82 Å². The van der Waals surface area contributed by atoms with Crippen LogP contribution in [0.25, 0.3) is 17.1 Å². The third-order valence-electron chi connectivity index (χ3n) is 3.41. The molecule has 1 aromatic carbocycles. The van der Waals surface area contributed by atoms with Gasteiger partial charge >= 0.3 is 0 Å². The maximum atomic E-state index is 6.05. The molecule has 23 heavy (non-hydrogen) atoms. The molecule has 6 nitrogen and oxygen atoms in total. The molecular weight excluding hydrogens is 316 g/mol. The van der Waals surface area contributed by atoms with Crippen LogP contribution >= 0.6 is 11.6 Å². The SMILES string of the molecule is COc1cccc(OC)c1-n1c(C)nnc1-c1cncc(Cl)c1. The van der Waals surface area contributed by atoms with Crippen molar-refractivity contribution in [2.24, 2.45) is 0 Å². The van der Waals surface area contributed by atoms with Crippen LogP contribution in [0.15, 0.2) is 36.7 Å². The van der Waals surface area contributed by atoms with Crippen LogP contribution < -0.4 is 9.47 Å². The Labute approximate surface area is 138 Å². The third-order valence-corrected chi connectivity index (χ3v) is 3.62. The number of hydrogen-bond donors (Lipinski definition) is 0. The van der Waals surface area contributed by atoms with Gasteiger partial charge in [0.1, 0.15) is 23.0 Å². The lowest BCUT2D eigenvalue weighted by Crippen LogP contribution is -2.05. The maximum Gasteiger partial charge on any atom is 0.170 e. The van der Waals surface area contributed by atoms with Crippen LogP contribution in [0, 0.1) is 6.92 Å². The predicted octanol–water partition coefficient (Wildman–Crippen LogP) is 3.31. The summed E-state index contributed by atoms with van der Waals surface area (Å²) in [6.45, 7) is 1.86. The topological polar surface area (TPSA) is 62.1 Å². The van der Waals surface area contributed by atoms with Crippen molar-refractivity contribution in [2.45, 2.75) is 6.92 Å². The Hall–Kier alpha value is -2.60. The molecule has 0 bridgehead atoms. The average Bonchev–Trinajstić information content (AvgIpc) is 2.95. The van der Waals surface area contributed by atoms with Gasteiger partial charge in [0.2, 0.25) is 0 Å². The normalized spacial score (nSPS) is 10.6. The highest BCUT2D eigenvalue weighted by atomic mass is 35.5. The zero-order valence-electron chi connectivity index (χ0n) is 12.9. The average molecular weight is 331 g/mol. The molecule has 0 amide bonds. The summed E-state index contributed by atoms with van der Waals surface area (Å²) in [5.74, 6) is 2.62. The first-order chi connectivity index (χ1) is 11.2. The molecule has 0 saturated heterocycles. The molecule has 0 unspecified atom stereocenters. The number of rotatable bonds is 4. The van der Waals surface area contributed by atoms with Gasteiger partial charge in [-0.1, -0.05) is 17.7 Å². The van der Waals surface area contributed by atoms with Crippen LogP contribution in [0.4, 0.5) is 0 Å². The van der Waals surface area contributed by atoms with Crippen molar-refractivity contribution < 1.29 is 9.47 Å². The lowest BCUT2D eigenvalue weighted by atomic mass is 10.2. The lowest BCUT2D eigenvalue weighted by Gasteiger charge is -2.16. The van der Waals surface area contributed by atoms with Gasteiger partial charge in [-0.15, -0.1) is 10.2 Å². The fourth-order valence-corrected chi connectivity index (χ4v) is 2.58. The van der Waals surface area contributed by atoms with E-state index in [1.54, 1.807) is 32.7 Å². The number of nitrogens with zero attached hydrogens (tertiary/aromatic N) is 4. The van der Waals surface area contributed by atoms with Crippen molar-refractivity contribution >= 4 is 11.6 Å². The van der Waals surface area contributed by atoms with E-state index < -0.39 is 0 Å². The van der Waals surface area contributed by atoms with E-state index >= 15 is 0 Å². The number of hydrogen-bond acceptors (Lipinski definition) is 5. The van der Waals surface area contributed by atoms with Crippen LogP contribution in [0.2, 0.25) is 5.02 Å². The summed E-state index contributed by atoms with van der Waals surface area (Å²) in [7, 11) is 3.22. The molecule has 0 aliphatic carbocycles. The third kappa shape index (κ3) is 2.73. The van der Waals surface area contributed by atoms with E-state index in [0.717, 1.165) is 11.3 Å². The summed E-state index contributed by atoms with van der Waals surface area (Å²) in [4.78, 5) is 4.11. The minimum atomic E-state index is 0.529. The highest BCUT2D eigenvalue weighted by molar-refractivity contribution is 6.30. The van der Waals surface area contributed by atoms with Gasteiger partial charge in [-0.3, -0.25) is 9.55 Å². The Balaban J connectivity index is 2.29. The lowest BCUT2D eigenvalue weighted by molar-refractivity contribution is 0.391. The zero-order valence-corrected chi connectivity index (χ0v) is 13.7. The van der Waals surface area contributed by atoms with Gasteiger partial charge in [0, 0.05) is 18.0 Å². The fourth-order valence-electron chi connectivity index (χ4n) is 2.40. The predicted molar refractivity (Wildman–Crippen MR) is 87.4 cm³/mol. The van der Waals surface area contributed by atoms with Crippen molar-refractivity contribution in [2.75, 3.05) is 14.2 Å². The molecule has 0 atom stereocenters. The molecule has 2 heterocycles. The van der Waals surface area contributed by atoms with Gasteiger partial charge < -0.3 is 9.47 Å². The number of para-hydroxylation sites is 1. The Morgan fingerprint density at radius 2 is 1.74 bits per heavy atom. The van der Waals surface area contributed by atoms with Crippen LogP contribution in [0.3, 0.4) is 0 Å². The molecule has 7 heteroatoms. The second-order valence-corrected chi connectivity index (χ2v) is 5.25. The van der Waals surface area contributed by atoms with Crippen molar-refractivity contribution in [3.8, 4) is 28.6 Å². The van der Waals surface area contributed by atoms with Crippen molar-refractivity contribution in [1.29, 1.82) is 0 Å². The van der Waals surface area contributed by atoms with E-state index in [1.807, 2.05) is 29.7 Å². The number of aryl methyl sites for hydroxylation is 1. The van der Waals surface area contributed by atoms with Crippen LogP contribution in [0.5, 0.6) is 11.5 Å². The molecule has 0 fully saturated rings. The van der Waals surface area contributed by atoms with Crippen LogP contribution in [-0.2, 0) is 0 Å². The summed E-state index contributed by atoms with van der Waals surface area (Å²) in [6.07, 6.45) is 3.26. The van der Waals surface area contributed by atoms with Crippen LogP contribution in [-0.4, -0.2) is 34.0 Å². The first-order valence-corrected chi connectivity index (χ1v) is 7.27. The van der Waals surface area contributed by atoms with Gasteiger partial charge in [-0.25, -0.2) is 0 Å². The summed E-state index contributed by atoms with van der Waals surface area (Å²) in [5.41, 5.74) is 1.49. The summed E-state index contributed by atoms with van der Waals surface area (Å²) < 4.78 is 12.8. The molecule has 2 aromatic heterocycles. The van der Waals surface area contributed by atoms with Crippen molar-refractivity contribution in [3.05, 3.63) is 47.5 Å². The second-order valence-electron chi connectivity index (χ2n) is 4.81. The van der Waals surface area contributed by atoms with E-state index in [2.05, 4.69) is 15.2 Å². The quantitative estimate of drug-likeness (QED) is 0.734. The zero-order chi connectivity index (χ0) is 16.4. The highest BCUT2D eigenvalue weighted by Crippen LogP contribution is 2.36. The van der Waals surface area contributed by atoms with E-state index in [-0.39, 0.29) is 0 Å². The maximum absolute atomic E-state index is 6.05. The molecule has 0 radical (unpaired) electrons. The van der Waals surface area contributed by atoms with Gasteiger partial charge in [-0.2, -0.15) is 0 Å². The Kier molecular flexibility index (Phi) is 4.16. The molecule has 0 saturated carbocycles. The number of aromatic nitrogens is 4. The van der Waals surface area contributed by atoms with E-state index in [1.165, 1.54) is 0 Å². The van der Waals surface area contributed by atoms with E-state index in [0.29, 0.717) is 28.2 Å². The van der Waals surface area contributed by atoms with E-state index in [9.17, 15) is 0 Å². The number of benzene rings is 1. The number of halogens is 1. The summed E-state index contributed by atoms with van der Waals surface area (Å²) in [5, 5.41) is 8.97. The Morgan fingerprint density at radius 3 is 2.35 bits per heavy atom. The fraction of sp³-hybridized carbons (Fsp3) is 0.188. The Bertz CT molecular complexity index is 826. The summed E-state index contributed by atoms with van der Waals surface area (Å²) in [6, 6.07) is 7.37. The molecular formula is C16H15ClN4O2. The summed E-state index contributed by atoms with van der Waals surface area (Å²) >= 11 is 6.05. The second kappa shape index (κ2) is 6.26. The molecule has 118 valence electrons. The molecule has 0 aliphatic rings. The van der Waals surface area contributed by atoms with Gasteiger partial charge in [0.25, 0.3) is 0 Å². The largest absolute Gasteiger partial charge is 0.494 e. The Morgan fingerprint density at radius 1 is 1.04 bits per heavy atom. The van der Waals surface area contributed by atoms with Crippen molar-refractivity contribution in [3.63, 3.8) is 0 Å². The molecule has 0 spiro atoms. The molecule has 0 N–H and O–H groups in total. The number of ether oxygens (including phenoxy) is 2. The highest BCUT2D eigenvalue weighted by Gasteiger charge is 2.20. The minimum Gasteiger partial charge on any atom is -0.494 e.